The highest BCUT2D eigenvalue weighted by atomic mass is 14.3. The van der Waals surface area contributed by atoms with Gasteiger partial charge in [0.1, 0.15) is 0 Å². The van der Waals surface area contributed by atoms with Crippen molar-refractivity contribution in [1.82, 2.24) is 0 Å². The maximum atomic E-state index is 2.64. The first-order valence-electron chi connectivity index (χ1n) is 22.0. The molecule has 6 fully saturated rings. The van der Waals surface area contributed by atoms with Crippen LogP contribution in [0.2, 0.25) is 0 Å². The molecule has 6 aliphatic rings. The Hall–Kier alpha value is -0.880. The van der Waals surface area contributed by atoms with Crippen molar-refractivity contribution >= 4 is 0 Å². The fraction of sp³-hybridized carbons (Fsp3) is 0.918. The third kappa shape index (κ3) is 29.4. The van der Waals surface area contributed by atoms with Gasteiger partial charge in [0, 0.05) is 0 Å². The lowest BCUT2D eigenvalue weighted by Gasteiger charge is -2.28. The van der Waals surface area contributed by atoms with Crippen LogP contribution in [0.4, 0.5) is 0 Å². The van der Waals surface area contributed by atoms with Crippen molar-refractivity contribution in [2.75, 3.05) is 0 Å². The third-order valence-corrected chi connectivity index (χ3v) is 12.3. The highest BCUT2D eigenvalue weighted by Gasteiger charge is 2.20. The molecule has 0 heterocycles. The van der Waals surface area contributed by atoms with Crippen molar-refractivity contribution in [3.8, 4) is 23.7 Å². The third-order valence-electron chi connectivity index (χ3n) is 12.3. The van der Waals surface area contributed by atoms with Gasteiger partial charge in [-0.05, 0) is 135 Å². The van der Waals surface area contributed by atoms with E-state index in [0.29, 0.717) is 0 Å². The van der Waals surface area contributed by atoms with Gasteiger partial charge in [0.15, 0.2) is 0 Å². The van der Waals surface area contributed by atoms with Crippen LogP contribution < -0.4 is 0 Å². The molecule has 0 spiro atoms. The van der Waals surface area contributed by atoms with E-state index in [-0.39, 0.29) is 0 Å². The van der Waals surface area contributed by atoms with Gasteiger partial charge in [-0.3, -0.25) is 0 Å². The summed E-state index contributed by atoms with van der Waals surface area (Å²) < 4.78 is 0. The lowest BCUT2D eigenvalue weighted by molar-refractivity contribution is 0.233. The van der Waals surface area contributed by atoms with E-state index in [1.807, 2.05) is 0 Å². The molecule has 6 rings (SSSR count). The van der Waals surface area contributed by atoms with Crippen LogP contribution in [0.25, 0.3) is 0 Å². The average molecular weight is 681 g/mol. The Morgan fingerprint density at radius 1 is 0.245 bits per heavy atom. The summed E-state index contributed by atoms with van der Waals surface area (Å²) in [6.07, 6.45) is 28.0. The van der Waals surface area contributed by atoms with Gasteiger partial charge in [-0.25, -0.2) is 0 Å². The topological polar surface area (TPSA) is 0 Å². The van der Waals surface area contributed by atoms with E-state index in [1.165, 1.54) is 122 Å². The molecule has 0 aromatic heterocycles. The number of rotatable bonds is 0. The lowest BCUT2D eigenvalue weighted by atomic mass is 9.78. The van der Waals surface area contributed by atoms with E-state index in [4.69, 9.17) is 0 Å². The molecule has 288 valence electrons. The molecule has 0 N–H and O–H groups in total. The van der Waals surface area contributed by atoms with Crippen molar-refractivity contribution in [2.24, 2.45) is 71.0 Å². The molecule has 0 heteroatoms. The summed E-state index contributed by atoms with van der Waals surface area (Å²) >= 11 is 0. The van der Waals surface area contributed by atoms with E-state index in [9.17, 15) is 0 Å². The van der Waals surface area contributed by atoms with Crippen LogP contribution in [0.5, 0.6) is 0 Å². The van der Waals surface area contributed by atoms with Crippen molar-refractivity contribution < 1.29 is 0 Å². The van der Waals surface area contributed by atoms with Crippen LogP contribution in [-0.4, -0.2) is 0 Å². The molecule has 49 heavy (non-hydrogen) atoms. The predicted molar refractivity (Wildman–Crippen MR) is 225 cm³/mol. The summed E-state index contributed by atoms with van der Waals surface area (Å²) in [5, 5.41) is 0. The summed E-state index contributed by atoms with van der Waals surface area (Å²) in [6, 6.07) is 0. The second kappa shape index (κ2) is 29.7. The lowest BCUT2D eigenvalue weighted by Crippen LogP contribution is -2.16. The van der Waals surface area contributed by atoms with Gasteiger partial charge >= 0.3 is 0 Å². The zero-order chi connectivity index (χ0) is 37.2. The number of hydrogen-bond acceptors (Lipinski definition) is 0. The Morgan fingerprint density at radius 2 is 0.429 bits per heavy atom. The Bertz CT molecular complexity index is 752. The van der Waals surface area contributed by atoms with Gasteiger partial charge in [0.25, 0.3) is 0 Å². The van der Waals surface area contributed by atoms with Crippen LogP contribution in [0, 0.1) is 94.7 Å². The SMILES string of the molecule is CC#CC#CC.CC1CC(C)C1.CC1CCC(C)C1.CC1CCC(C)C1.CC1CCC(C)C1.CC1CCC(C)CC1.CC1CCCC(C)C1. The van der Waals surface area contributed by atoms with Gasteiger partial charge in [0.2, 0.25) is 0 Å². The van der Waals surface area contributed by atoms with E-state index in [2.05, 4.69) is 107 Å². The summed E-state index contributed by atoms with van der Waals surface area (Å²) in [5.74, 6) is 22.8. The van der Waals surface area contributed by atoms with Gasteiger partial charge in [-0.2, -0.15) is 0 Å². The molecule has 0 aliphatic heterocycles. The summed E-state index contributed by atoms with van der Waals surface area (Å²) in [6.45, 7) is 31.8. The number of hydrogen-bond donors (Lipinski definition) is 0. The largest absolute Gasteiger partial charge is 0.0925 e. The van der Waals surface area contributed by atoms with E-state index in [0.717, 1.165) is 71.0 Å². The molecule has 0 amide bonds. The van der Waals surface area contributed by atoms with Crippen LogP contribution in [0.3, 0.4) is 0 Å². The smallest absolute Gasteiger partial charge is 0.00168 e. The van der Waals surface area contributed by atoms with Gasteiger partial charge in [-0.1, -0.05) is 178 Å². The normalized spacial score (nSPS) is 36.9. The Labute approximate surface area is 312 Å². The maximum Gasteiger partial charge on any atom is -0.00168 e. The molecule has 0 radical (unpaired) electrons. The zero-order valence-corrected chi connectivity index (χ0v) is 36.4. The van der Waals surface area contributed by atoms with Crippen LogP contribution in [0.1, 0.15) is 219 Å². The van der Waals surface area contributed by atoms with Crippen LogP contribution >= 0.6 is 0 Å². The summed E-state index contributed by atoms with van der Waals surface area (Å²) in [5.41, 5.74) is 0. The molecule has 0 nitrogen and oxygen atoms in total. The highest BCUT2D eigenvalue weighted by Crippen LogP contribution is 2.32. The second-order valence-electron chi connectivity index (χ2n) is 19.2. The fourth-order valence-electron chi connectivity index (χ4n) is 9.07. The van der Waals surface area contributed by atoms with Crippen molar-refractivity contribution in [3.05, 3.63) is 0 Å². The average Bonchev–Trinajstić information content (AvgIpc) is 3.74. The monoisotopic (exact) mass is 681 g/mol. The fourth-order valence-corrected chi connectivity index (χ4v) is 9.07. The predicted octanol–water partition coefficient (Wildman–Crippen LogP) is 16.1. The Balaban J connectivity index is 0.000000550. The first kappa shape index (κ1) is 48.1. The minimum atomic E-state index is 1.01. The van der Waals surface area contributed by atoms with E-state index >= 15 is 0 Å². The van der Waals surface area contributed by atoms with Gasteiger partial charge in [-0.15, -0.1) is 0 Å². The minimum Gasteiger partial charge on any atom is -0.0925 e. The molecular weight excluding hydrogens is 589 g/mol. The molecule has 8 atom stereocenters. The second-order valence-corrected chi connectivity index (χ2v) is 19.2. The maximum absolute atomic E-state index is 2.64. The summed E-state index contributed by atoms with van der Waals surface area (Å²) in [7, 11) is 0. The quantitative estimate of drug-likeness (QED) is 0.223. The molecule has 0 aromatic carbocycles. The Morgan fingerprint density at radius 3 is 0.551 bits per heavy atom. The first-order valence-corrected chi connectivity index (χ1v) is 22.0. The van der Waals surface area contributed by atoms with Crippen molar-refractivity contribution in [3.63, 3.8) is 0 Å². The van der Waals surface area contributed by atoms with Gasteiger partial charge < -0.3 is 0 Å². The molecular formula is C49H92. The Kier molecular flexibility index (Phi) is 29.1. The standard InChI is InChI=1S/2C8H16.3C7H14.C6H12.C6H6/c1-7-3-5-8(2)6-4-7;1-7-4-3-5-8(2)6-7;3*1-6-3-4-7(2)5-6;1-5-3-6(2)4-5;1-3-5-6-4-2/h2*7-8H,3-6H2,1-2H3;3*6-7H,3-5H2,1-2H3;5-6H,3-4H2,1-2H3;1-2H3. The van der Waals surface area contributed by atoms with Gasteiger partial charge in [0.05, 0.1) is 0 Å². The molecule has 0 bridgehead atoms. The molecule has 6 aliphatic carbocycles. The molecule has 6 saturated carbocycles. The van der Waals surface area contributed by atoms with Crippen molar-refractivity contribution in [2.45, 2.75) is 219 Å². The zero-order valence-electron chi connectivity index (χ0n) is 36.4. The minimum absolute atomic E-state index is 1.01. The molecule has 0 saturated heterocycles. The van der Waals surface area contributed by atoms with E-state index < -0.39 is 0 Å². The van der Waals surface area contributed by atoms with Crippen LogP contribution in [-0.2, 0) is 0 Å². The van der Waals surface area contributed by atoms with Crippen molar-refractivity contribution in [1.29, 1.82) is 0 Å². The van der Waals surface area contributed by atoms with Crippen LogP contribution in [0.15, 0.2) is 0 Å². The van der Waals surface area contributed by atoms with E-state index in [1.54, 1.807) is 13.8 Å². The first-order chi connectivity index (χ1) is 23.1. The molecule has 8 unspecified atom stereocenters. The highest BCUT2D eigenvalue weighted by molar-refractivity contribution is 5.23. The summed E-state index contributed by atoms with van der Waals surface area (Å²) in [4.78, 5) is 0. The molecule has 0 aromatic rings.